The zero-order valence-electron chi connectivity index (χ0n) is 22.8. The first-order chi connectivity index (χ1) is 18.5. The van der Waals surface area contributed by atoms with Crippen molar-refractivity contribution in [3.8, 4) is 29.1 Å². The number of hydrogen-bond donors (Lipinski definition) is 0. The summed E-state index contributed by atoms with van der Waals surface area (Å²) >= 11 is 0. The molecule has 0 unspecified atom stereocenters. The summed E-state index contributed by atoms with van der Waals surface area (Å²) in [4.78, 5) is 41.1. The molecule has 2 aromatic carbocycles. The van der Waals surface area contributed by atoms with Gasteiger partial charge in [-0.15, -0.1) is 0 Å². The zero-order chi connectivity index (χ0) is 28.6. The molecule has 0 spiro atoms. The Morgan fingerprint density at radius 3 is 2.15 bits per heavy atom. The Hall–Kier alpha value is -4.78. The predicted molar refractivity (Wildman–Crippen MR) is 142 cm³/mol. The first kappa shape index (κ1) is 27.3. The molecular formula is C29H28N2O8. The molecule has 0 fully saturated rings. The fraction of sp³-hybridized carbons (Fsp3) is 0.310. The van der Waals surface area contributed by atoms with Crippen molar-refractivity contribution >= 4 is 34.7 Å². The minimum absolute atomic E-state index is 0.0336. The van der Waals surface area contributed by atoms with Gasteiger partial charge in [-0.1, -0.05) is 6.08 Å². The average Bonchev–Trinajstić information content (AvgIpc) is 3.19. The number of nitriles is 1. The molecule has 39 heavy (non-hydrogen) atoms. The molecule has 0 aliphatic carbocycles. The average molecular weight is 533 g/mol. The van der Waals surface area contributed by atoms with E-state index in [4.69, 9.17) is 23.7 Å². The van der Waals surface area contributed by atoms with E-state index in [1.165, 1.54) is 39.5 Å². The molecule has 2 aromatic rings. The maximum Gasteiger partial charge on any atom is 0.349 e. The van der Waals surface area contributed by atoms with Gasteiger partial charge in [0.05, 0.1) is 50.3 Å². The zero-order valence-corrected chi connectivity index (χ0v) is 22.8. The fourth-order valence-corrected chi connectivity index (χ4v) is 4.96. The lowest BCUT2D eigenvalue weighted by atomic mass is 9.88. The molecule has 0 bridgehead atoms. The van der Waals surface area contributed by atoms with E-state index < -0.39 is 29.0 Å². The molecule has 0 radical (unpaired) electrons. The maximum atomic E-state index is 13.7. The Morgan fingerprint density at radius 2 is 1.62 bits per heavy atom. The minimum atomic E-state index is -0.903. The summed E-state index contributed by atoms with van der Waals surface area (Å²) in [5.74, 6) is -1.17. The van der Waals surface area contributed by atoms with E-state index in [9.17, 15) is 19.6 Å². The number of carbonyl (C=O) groups is 3. The molecule has 10 heteroatoms. The van der Waals surface area contributed by atoms with Gasteiger partial charge in [-0.3, -0.25) is 9.69 Å². The number of amides is 1. The van der Waals surface area contributed by atoms with Crippen LogP contribution in [0.2, 0.25) is 0 Å². The SMILES string of the molecule is CCOC(=O)C(C#N)=C1C(=O)N2c3c(cc(OC(=O)c4cc(OC)c(OC)c(OC)c4)cc31)C(C)=CC2(C)C. The van der Waals surface area contributed by atoms with Crippen LogP contribution in [0.5, 0.6) is 23.0 Å². The van der Waals surface area contributed by atoms with E-state index >= 15 is 0 Å². The molecule has 0 atom stereocenters. The molecule has 2 aliphatic heterocycles. The molecule has 2 aliphatic rings. The highest BCUT2D eigenvalue weighted by molar-refractivity contribution is 6.38. The van der Waals surface area contributed by atoms with Crippen LogP contribution < -0.4 is 23.8 Å². The summed E-state index contributed by atoms with van der Waals surface area (Å²) in [5.41, 5.74) is 1.17. The second-order valence-electron chi connectivity index (χ2n) is 9.37. The van der Waals surface area contributed by atoms with Gasteiger partial charge in [0.2, 0.25) is 5.75 Å². The third-order valence-corrected chi connectivity index (χ3v) is 6.52. The number of ether oxygens (including phenoxy) is 5. The second kappa shape index (κ2) is 10.2. The van der Waals surface area contributed by atoms with Gasteiger partial charge < -0.3 is 23.7 Å². The molecule has 4 rings (SSSR count). The molecule has 10 nitrogen and oxygen atoms in total. The van der Waals surface area contributed by atoms with Gasteiger partial charge in [0.25, 0.3) is 5.91 Å². The normalized spacial score (nSPS) is 16.0. The smallest absolute Gasteiger partial charge is 0.349 e. The van der Waals surface area contributed by atoms with Crippen LogP contribution in [0.4, 0.5) is 5.69 Å². The van der Waals surface area contributed by atoms with Crippen LogP contribution in [0.1, 0.15) is 49.2 Å². The van der Waals surface area contributed by atoms with Gasteiger partial charge in [0, 0.05) is 11.1 Å². The van der Waals surface area contributed by atoms with E-state index in [-0.39, 0.29) is 35.0 Å². The summed E-state index contributed by atoms with van der Waals surface area (Å²) in [6.45, 7) is 7.24. The summed E-state index contributed by atoms with van der Waals surface area (Å²) in [7, 11) is 4.31. The van der Waals surface area contributed by atoms with Crippen molar-refractivity contribution in [3.05, 3.63) is 52.6 Å². The summed E-state index contributed by atoms with van der Waals surface area (Å²) in [6.07, 6.45) is 1.90. The number of rotatable bonds is 7. The molecule has 0 saturated carbocycles. The van der Waals surface area contributed by atoms with Crippen molar-refractivity contribution in [2.75, 3.05) is 32.8 Å². The quantitative estimate of drug-likeness (QED) is 0.222. The Morgan fingerprint density at radius 1 is 1.00 bits per heavy atom. The molecule has 0 N–H and O–H groups in total. The van der Waals surface area contributed by atoms with E-state index in [0.29, 0.717) is 22.6 Å². The van der Waals surface area contributed by atoms with Gasteiger partial charge in [0.1, 0.15) is 11.8 Å². The lowest BCUT2D eigenvalue weighted by molar-refractivity contribution is -0.138. The third kappa shape index (κ3) is 4.46. The lowest BCUT2D eigenvalue weighted by Crippen LogP contribution is -2.46. The lowest BCUT2D eigenvalue weighted by Gasteiger charge is -2.38. The van der Waals surface area contributed by atoms with Crippen LogP contribution in [0.25, 0.3) is 11.1 Å². The Kier molecular flexibility index (Phi) is 7.11. The number of benzene rings is 2. The summed E-state index contributed by atoms with van der Waals surface area (Å²) in [5, 5.41) is 9.85. The number of anilines is 1. The van der Waals surface area contributed by atoms with Crippen LogP contribution in [0.15, 0.2) is 35.9 Å². The molecule has 2 heterocycles. The van der Waals surface area contributed by atoms with E-state index in [0.717, 1.165) is 5.57 Å². The molecule has 0 aromatic heterocycles. The number of allylic oxidation sites excluding steroid dienone is 1. The number of nitrogens with zero attached hydrogens (tertiary/aromatic N) is 2. The maximum absolute atomic E-state index is 13.7. The van der Waals surface area contributed by atoms with Crippen LogP contribution >= 0.6 is 0 Å². The highest BCUT2D eigenvalue weighted by Crippen LogP contribution is 2.51. The number of methoxy groups -OCH3 is 3. The Balaban J connectivity index is 1.88. The van der Waals surface area contributed by atoms with Crippen molar-refractivity contribution in [1.82, 2.24) is 0 Å². The first-order valence-corrected chi connectivity index (χ1v) is 12.1. The van der Waals surface area contributed by atoms with Crippen LogP contribution in [-0.2, 0) is 14.3 Å². The second-order valence-corrected chi connectivity index (χ2v) is 9.37. The largest absolute Gasteiger partial charge is 0.493 e. The topological polar surface area (TPSA) is 124 Å². The van der Waals surface area contributed by atoms with Gasteiger partial charge in [0.15, 0.2) is 17.1 Å². The van der Waals surface area contributed by atoms with Crippen molar-refractivity contribution in [2.45, 2.75) is 33.2 Å². The third-order valence-electron chi connectivity index (χ3n) is 6.52. The highest BCUT2D eigenvalue weighted by atomic mass is 16.5. The van der Waals surface area contributed by atoms with Crippen LogP contribution in [-0.4, -0.2) is 51.3 Å². The van der Waals surface area contributed by atoms with Crippen molar-refractivity contribution in [2.24, 2.45) is 0 Å². The van der Waals surface area contributed by atoms with Crippen molar-refractivity contribution < 1.29 is 38.1 Å². The molecule has 1 amide bonds. The fourth-order valence-electron chi connectivity index (χ4n) is 4.96. The number of hydrogen-bond acceptors (Lipinski definition) is 9. The van der Waals surface area contributed by atoms with Crippen molar-refractivity contribution in [3.63, 3.8) is 0 Å². The Labute approximate surface area is 226 Å². The molecular weight excluding hydrogens is 504 g/mol. The van der Waals surface area contributed by atoms with Crippen molar-refractivity contribution in [1.29, 1.82) is 5.26 Å². The van der Waals surface area contributed by atoms with Crippen LogP contribution in [0.3, 0.4) is 0 Å². The number of carbonyl (C=O) groups excluding carboxylic acids is 3. The molecule has 0 saturated heterocycles. The van der Waals surface area contributed by atoms with E-state index in [1.54, 1.807) is 17.9 Å². The predicted octanol–water partition coefficient (Wildman–Crippen LogP) is 4.31. The van der Waals surface area contributed by atoms with Gasteiger partial charge >= 0.3 is 11.9 Å². The standard InChI is InChI=1S/C29H28N2O8/c1-8-38-28(34)20(14-30)23-19-12-17(11-18-15(2)13-29(3,4)31(24(18)19)26(23)32)39-27(33)16-9-21(35-5)25(37-7)22(10-16)36-6/h9-13H,8H2,1-7H3. The van der Waals surface area contributed by atoms with Gasteiger partial charge in [-0.2, -0.15) is 5.26 Å². The first-order valence-electron chi connectivity index (χ1n) is 12.1. The van der Waals surface area contributed by atoms with E-state index in [1.807, 2.05) is 32.9 Å². The van der Waals surface area contributed by atoms with Crippen LogP contribution in [0, 0.1) is 11.3 Å². The highest BCUT2D eigenvalue weighted by Gasteiger charge is 2.47. The summed E-state index contributed by atoms with van der Waals surface area (Å²) < 4.78 is 26.8. The van der Waals surface area contributed by atoms with Gasteiger partial charge in [-0.25, -0.2) is 9.59 Å². The van der Waals surface area contributed by atoms with E-state index in [2.05, 4.69) is 0 Å². The monoisotopic (exact) mass is 532 g/mol. The van der Waals surface area contributed by atoms with Gasteiger partial charge in [-0.05, 0) is 57.5 Å². The summed E-state index contributed by atoms with van der Waals surface area (Å²) in [6, 6.07) is 7.88. The Bertz CT molecular complexity index is 1480. The molecule has 202 valence electrons. The number of esters is 2. The minimum Gasteiger partial charge on any atom is -0.493 e.